The fourth-order valence-corrected chi connectivity index (χ4v) is 2.83. The summed E-state index contributed by atoms with van der Waals surface area (Å²) >= 11 is 3.32. The molecule has 2 aromatic carbocycles. The predicted molar refractivity (Wildman–Crippen MR) is 108 cm³/mol. The van der Waals surface area contributed by atoms with Crippen LogP contribution in [0, 0.1) is 6.92 Å². The van der Waals surface area contributed by atoms with Crippen molar-refractivity contribution >= 4 is 27.5 Å². The summed E-state index contributed by atoms with van der Waals surface area (Å²) in [5.74, 6) is -0.380. The molecule has 3 rings (SSSR count). The van der Waals surface area contributed by atoms with Crippen molar-refractivity contribution in [2.45, 2.75) is 20.0 Å². The van der Waals surface area contributed by atoms with Gasteiger partial charge in [0.15, 0.2) is 0 Å². The average Bonchev–Trinajstić information content (AvgIpc) is 2.65. The number of carbonyl (C=O) groups excluding carboxylic acids is 1. The Bertz CT molecular complexity index is 1070. The summed E-state index contributed by atoms with van der Waals surface area (Å²) in [5.41, 5.74) is 1.28. The van der Waals surface area contributed by atoms with E-state index in [0.29, 0.717) is 12.2 Å². The second-order valence-corrected chi connectivity index (χ2v) is 7.12. The van der Waals surface area contributed by atoms with E-state index in [0.717, 1.165) is 20.2 Å². The molecule has 7 heteroatoms. The third kappa shape index (κ3) is 4.83. The molecule has 0 spiro atoms. The van der Waals surface area contributed by atoms with Crippen LogP contribution >= 0.6 is 15.9 Å². The van der Waals surface area contributed by atoms with E-state index in [2.05, 4.69) is 21.2 Å². The Balaban J connectivity index is 1.73. The highest BCUT2D eigenvalue weighted by atomic mass is 79.9. The molecule has 0 atom stereocenters. The molecule has 1 N–H and O–H groups in total. The largest absolute Gasteiger partial charge is 0.325 e. The number of aryl methyl sites for hydroxylation is 1. The van der Waals surface area contributed by atoms with Crippen LogP contribution in [0.5, 0.6) is 0 Å². The molecule has 138 valence electrons. The van der Waals surface area contributed by atoms with Crippen LogP contribution < -0.4 is 16.4 Å². The maximum absolute atomic E-state index is 12.3. The molecule has 6 nitrogen and oxygen atoms in total. The number of halogens is 1. The van der Waals surface area contributed by atoms with E-state index in [-0.39, 0.29) is 12.5 Å². The Morgan fingerprint density at radius 1 is 0.926 bits per heavy atom. The minimum atomic E-state index is -0.726. The zero-order valence-corrected chi connectivity index (χ0v) is 16.3. The van der Waals surface area contributed by atoms with Gasteiger partial charge in [-0.25, -0.2) is 0 Å². The Kier molecular flexibility index (Phi) is 5.71. The number of aromatic nitrogens is 2. The number of benzene rings is 2. The standard InChI is InChI=1S/C20H18BrN3O3/c1-14-2-4-15(5-3-14)12-23-10-11-24(20(27)19(23)26)13-18(25)22-17-8-6-16(21)7-9-17/h2-11H,12-13H2,1H3,(H,22,25). The summed E-state index contributed by atoms with van der Waals surface area (Å²) < 4.78 is 3.35. The molecule has 1 heterocycles. The van der Waals surface area contributed by atoms with Crippen LogP contribution in [0.25, 0.3) is 0 Å². The normalized spacial score (nSPS) is 10.6. The molecule has 0 saturated heterocycles. The van der Waals surface area contributed by atoms with Gasteiger partial charge in [-0.05, 0) is 36.8 Å². The number of amides is 1. The van der Waals surface area contributed by atoms with Gasteiger partial charge in [0.25, 0.3) is 0 Å². The first-order valence-corrected chi connectivity index (χ1v) is 9.12. The average molecular weight is 428 g/mol. The molecule has 1 amide bonds. The first-order valence-electron chi connectivity index (χ1n) is 8.33. The molecule has 0 saturated carbocycles. The number of hydrogen-bond donors (Lipinski definition) is 1. The summed E-state index contributed by atoms with van der Waals surface area (Å²) in [6.07, 6.45) is 2.98. The Labute approximate surface area is 164 Å². The quantitative estimate of drug-likeness (QED) is 0.636. The van der Waals surface area contributed by atoms with Crippen molar-refractivity contribution in [3.63, 3.8) is 0 Å². The van der Waals surface area contributed by atoms with Gasteiger partial charge in [-0.1, -0.05) is 45.8 Å². The molecule has 3 aromatic rings. The van der Waals surface area contributed by atoms with Crippen molar-refractivity contribution in [1.29, 1.82) is 0 Å². The van der Waals surface area contributed by atoms with Gasteiger partial charge in [-0.2, -0.15) is 0 Å². The molecular formula is C20H18BrN3O3. The lowest BCUT2D eigenvalue weighted by Gasteiger charge is -2.10. The molecule has 1 aromatic heterocycles. The van der Waals surface area contributed by atoms with Crippen LogP contribution in [-0.4, -0.2) is 15.0 Å². The number of nitrogens with zero attached hydrogens (tertiary/aromatic N) is 2. The third-order valence-electron chi connectivity index (χ3n) is 4.05. The molecule has 0 aliphatic rings. The smallest absolute Gasteiger partial charge is 0.316 e. The summed E-state index contributed by atoms with van der Waals surface area (Å²) in [7, 11) is 0. The fourth-order valence-electron chi connectivity index (χ4n) is 2.57. The van der Waals surface area contributed by atoms with Crippen molar-refractivity contribution in [2.75, 3.05) is 5.32 Å². The zero-order chi connectivity index (χ0) is 19.4. The van der Waals surface area contributed by atoms with Crippen LogP contribution in [-0.2, 0) is 17.9 Å². The summed E-state index contributed by atoms with van der Waals surface area (Å²) in [5, 5.41) is 2.70. The lowest BCUT2D eigenvalue weighted by Crippen LogP contribution is -2.42. The SMILES string of the molecule is Cc1ccc(Cn2ccn(CC(=O)Nc3ccc(Br)cc3)c(=O)c2=O)cc1. The van der Waals surface area contributed by atoms with Gasteiger partial charge in [0, 0.05) is 22.6 Å². The second-order valence-electron chi connectivity index (χ2n) is 6.20. The van der Waals surface area contributed by atoms with Gasteiger partial charge in [-0.3, -0.25) is 19.0 Å². The highest BCUT2D eigenvalue weighted by molar-refractivity contribution is 9.10. The minimum Gasteiger partial charge on any atom is -0.325 e. The lowest BCUT2D eigenvalue weighted by molar-refractivity contribution is -0.116. The van der Waals surface area contributed by atoms with Gasteiger partial charge >= 0.3 is 11.1 Å². The van der Waals surface area contributed by atoms with Gasteiger partial charge in [-0.15, -0.1) is 0 Å². The Hall–Kier alpha value is -2.93. The first-order chi connectivity index (χ1) is 12.9. The number of rotatable bonds is 5. The number of hydrogen-bond acceptors (Lipinski definition) is 3. The van der Waals surface area contributed by atoms with Gasteiger partial charge < -0.3 is 9.88 Å². The van der Waals surface area contributed by atoms with Gasteiger partial charge in [0.2, 0.25) is 5.91 Å². The van der Waals surface area contributed by atoms with E-state index in [4.69, 9.17) is 0 Å². The van der Waals surface area contributed by atoms with E-state index in [1.54, 1.807) is 24.3 Å². The molecule has 0 bridgehead atoms. The van der Waals surface area contributed by atoms with Crippen LogP contribution in [0.15, 0.2) is 75.0 Å². The summed E-state index contributed by atoms with van der Waals surface area (Å²) in [6, 6.07) is 14.8. The highest BCUT2D eigenvalue weighted by Crippen LogP contribution is 2.14. The maximum atomic E-state index is 12.3. The van der Waals surface area contributed by atoms with Crippen molar-refractivity contribution < 1.29 is 4.79 Å². The van der Waals surface area contributed by atoms with E-state index in [9.17, 15) is 14.4 Å². The highest BCUT2D eigenvalue weighted by Gasteiger charge is 2.09. The van der Waals surface area contributed by atoms with Crippen molar-refractivity contribution in [3.8, 4) is 0 Å². The summed E-state index contributed by atoms with van der Waals surface area (Å²) in [4.78, 5) is 36.8. The van der Waals surface area contributed by atoms with Crippen LogP contribution in [0.3, 0.4) is 0 Å². The van der Waals surface area contributed by atoms with Crippen molar-refractivity contribution in [1.82, 2.24) is 9.13 Å². The van der Waals surface area contributed by atoms with Gasteiger partial charge in [0.1, 0.15) is 6.54 Å². The maximum Gasteiger partial charge on any atom is 0.316 e. The molecule has 0 radical (unpaired) electrons. The monoisotopic (exact) mass is 427 g/mol. The fraction of sp³-hybridized carbons (Fsp3) is 0.150. The number of anilines is 1. The molecule has 0 aliphatic carbocycles. The summed E-state index contributed by atoms with van der Waals surface area (Å²) in [6.45, 7) is 2.06. The van der Waals surface area contributed by atoms with Crippen LogP contribution in [0.1, 0.15) is 11.1 Å². The van der Waals surface area contributed by atoms with Crippen molar-refractivity contribution in [2.24, 2.45) is 0 Å². The lowest BCUT2D eigenvalue weighted by atomic mass is 10.1. The molecule has 0 unspecified atom stereocenters. The van der Waals surface area contributed by atoms with E-state index in [1.807, 2.05) is 31.2 Å². The van der Waals surface area contributed by atoms with Gasteiger partial charge in [0.05, 0.1) is 6.54 Å². The van der Waals surface area contributed by atoms with E-state index in [1.165, 1.54) is 17.0 Å². The zero-order valence-electron chi connectivity index (χ0n) is 14.7. The van der Waals surface area contributed by atoms with E-state index >= 15 is 0 Å². The topological polar surface area (TPSA) is 73.1 Å². The molecule has 0 fully saturated rings. The molecule has 0 aliphatic heterocycles. The molecular weight excluding hydrogens is 410 g/mol. The predicted octanol–water partition coefficient (Wildman–Crippen LogP) is 2.77. The van der Waals surface area contributed by atoms with E-state index < -0.39 is 11.1 Å². The van der Waals surface area contributed by atoms with Crippen LogP contribution in [0.2, 0.25) is 0 Å². The van der Waals surface area contributed by atoms with Crippen molar-refractivity contribution in [3.05, 3.63) is 97.2 Å². The van der Waals surface area contributed by atoms with Crippen LogP contribution in [0.4, 0.5) is 5.69 Å². The first kappa shape index (κ1) is 18.8. The number of carbonyl (C=O) groups is 1. The minimum absolute atomic E-state index is 0.227. The Morgan fingerprint density at radius 2 is 1.52 bits per heavy atom. The third-order valence-corrected chi connectivity index (χ3v) is 4.58. The molecule has 27 heavy (non-hydrogen) atoms. The Morgan fingerprint density at radius 3 is 2.19 bits per heavy atom. The second kappa shape index (κ2) is 8.18. The number of nitrogens with one attached hydrogen (secondary N) is 1.